The van der Waals surface area contributed by atoms with Gasteiger partial charge in [0.15, 0.2) is 6.10 Å². The maximum absolute atomic E-state index is 12.8. The van der Waals surface area contributed by atoms with Crippen molar-refractivity contribution in [1.82, 2.24) is 0 Å². The molecular formula is C69H124NO8P. The molecule has 0 saturated carbocycles. The van der Waals surface area contributed by atoms with Crippen LogP contribution in [-0.2, 0) is 32.7 Å². The van der Waals surface area contributed by atoms with Crippen molar-refractivity contribution in [2.24, 2.45) is 0 Å². The Morgan fingerprint density at radius 3 is 1.08 bits per heavy atom. The lowest BCUT2D eigenvalue weighted by molar-refractivity contribution is -0.870. The molecule has 0 aliphatic heterocycles. The van der Waals surface area contributed by atoms with Gasteiger partial charge in [0.25, 0.3) is 7.82 Å². The Hall–Kier alpha value is -2.81. The predicted molar refractivity (Wildman–Crippen MR) is 337 cm³/mol. The highest BCUT2D eigenvalue weighted by molar-refractivity contribution is 7.45. The van der Waals surface area contributed by atoms with Crippen LogP contribution in [-0.4, -0.2) is 70.0 Å². The molecule has 0 saturated heterocycles. The summed E-state index contributed by atoms with van der Waals surface area (Å²) in [5.74, 6) is -0.822. The lowest BCUT2D eigenvalue weighted by Crippen LogP contribution is -2.37. The molecule has 0 rings (SSSR count). The number of hydrogen-bond donors (Lipinski definition) is 0. The Morgan fingerprint density at radius 1 is 0.405 bits per heavy atom. The van der Waals surface area contributed by atoms with Crippen molar-refractivity contribution >= 4 is 19.8 Å². The van der Waals surface area contributed by atoms with Crippen LogP contribution in [0.3, 0.4) is 0 Å². The van der Waals surface area contributed by atoms with E-state index in [1.807, 2.05) is 21.1 Å². The molecule has 0 aliphatic carbocycles. The van der Waals surface area contributed by atoms with Gasteiger partial charge in [-0.25, -0.2) is 0 Å². The van der Waals surface area contributed by atoms with Crippen molar-refractivity contribution in [3.05, 3.63) is 85.1 Å². The van der Waals surface area contributed by atoms with Gasteiger partial charge in [-0.3, -0.25) is 14.2 Å². The highest BCUT2D eigenvalue weighted by Gasteiger charge is 2.22. The highest BCUT2D eigenvalue weighted by Crippen LogP contribution is 2.38. The number of phosphoric ester groups is 1. The number of nitrogens with zero attached hydrogens (tertiary/aromatic N) is 1. The predicted octanol–water partition coefficient (Wildman–Crippen LogP) is 20.4. The summed E-state index contributed by atoms with van der Waals surface area (Å²) in [7, 11) is 1.17. The smallest absolute Gasteiger partial charge is 0.306 e. The second-order valence-corrected chi connectivity index (χ2v) is 24.5. The van der Waals surface area contributed by atoms with E-state index in [2.05, 4.69) is 98.9 Å². The van der Waals surface area contributed by atoms with Crippen LogP contribution >= 0.6 is 7.82 Å². The standard InChI is InChI=1S/C69H124NO8P/c1-6-8-10-12-14-16-18-20-22-24-26-27-28-29-30-31-32-33-34-35-36-37-38-39-40-41-42-43-44-46-48-50-52-54-56-58-60-62-69(72)78-67(66-77-79(73,74)76-64-63-70(3,4)5)65-75-68(71)61-59-57-55-53-51-49-47-45-25-23-21-19-17-15-13-11-9-7-2/h8,10,14,16,20,22,26-27,29-30,32-33,35-36,67H,6-7,9,11-13,15,17-19,21,23-25,28,31,34,37-66H2,1-5H3/b10-8-,16-14-,22-20-,27-26-,30-29-,33-32-,36-35-. The molecule has 2 unspecified atom stereocenters. The summed E-state index contributed by atoms with van der Waals surface area (Å²) in [5, 5.41) is 0. The normalized spacial score (nSPS) is 13.7. The summed E-state index contributed by atoms with van der Waals surface area (Å²) in [6.07, 6.45) is 80.8. The van der Waals surface area contributed by atoms with Gasteiger partial charge >= 0.3 is 11.9 Å². The van der Waals surface area contributed by atoms with Gasteiger partial charge in [0.2, 0.25) is 0 Å². The van der Waals surface area contributed by atoms with E-state index in [9.17, 15) is 19.0 Å². The van der Waals surface area contributed by atoms with Gasteiger partial charge in [-0.05, 0) is 70.6 Å². The number of unbranched alkanes of at least 4 members (excludes halogenated alkanes) is 32. The fourth-order valence-electron chi connectivity index (χ4n) is 9.17. The molecule has 0 bridgehead atoms. The number of esters is 2. The third kappa shape index (κ3) is 64.2. The van der Waals surface area contributed by atoms with Crippen molar-refractivity contribution in [2.75, 3.05) is 47.5 Å². The number of quaternary nitrogens is 1. The largest absolute Gasteiger partial charge is 0.756 e. The van der Waals surface area contributed by atoms with E-state index in [0.29, 0.717) is 17.4 Å². The molecule has 0 heterocycles. The molecule has 9 nitrogen and oxygen atoms in total. The first kappa shape index (κ1) is 76.2. The number of carbonyl (C=O) groups excluding carboxylic acids is 2. The van der Waals surface area contributed by atoms with Crippen LogP contribution in [0, 0.1) is 0 Å². The van der Waals surface area contributed by atoms with Crippen LogP contribution in [0.5, 0.6) is 0 Å². The Kier molecular flexibility index (Phi) is 57.7. The van der Waals surface area contributed by atoms with Gasteiger partial charge in [-0.2, -0.15) is 0 Å². The third-order valence-electron chi connectivity index (χ3n) is 14.2. The first-order valence-electron chi connectivity index (χ1n) is 32.8. The van der Waals surface area contributed by atoms with Crippen LogP contribution < -0.4 is 4.89 Å². The number of phosphoric acid groups is 1. The van der Waals surface area contributed by atoms with Crippen LogP contribution in [0.15, 0.2) is 85.1 Å². The van der Waals surface area contributed by atoms with Crippen molar-refractivity contribution in [2.45, 2.75) is 296 Å². The third-order valence-corrected chi connectivity index (χ3v) is 15.1. The Labute approximate surface area is 488 Å². The minimum absolute atomic E-state index is 0.0310. The minimum atomic E-state index is -4.64. The maximum atomic E-state index is 12.8. The number of hydrogen-bond acceptors (Lipinski definition) is 8. The number of rotatable bonds is 60. The molecule has 0 aliphatic rings. The summed E-state index contributed by atoms with van der Waals surface area (Å²) >= 11 is 0. The first-order valence-corrected chi connectivity index (χ1v) is 34.3. The molecule has 458 valence electrons. The molecule has 0 amide bonds. The van der Waals surface area contributed by atoms with E-state index in [-0.39, 0.29) is 32.0 Å². The molecule has 0 spiro atoms. The molecule has 79 heavy (non-hydrogen) atoms. The van der Waals surface area contributed by atoms with E-state index in [1.54, 1.807) is 0 Å². The van der Waals surface area contributed by atoms with Gasteiger partial charge in [0.1, 0.15) is 19.8 Å². The first-order chi connectivity index (χ1) is 38.5. The fraction of sp³-hybridized carbons (Fsp3) is 0.768. The average molecular weight is 1130 g/mol. The lowest BCUT2D eigenvalue weighted by atomic mass is 10.0. The molecule has 10 heteroatoms. The Bertz CT molecular complexity index is 1610. The van der Waals surface area contributed by atoms with Crippen molar-refractivity contribution in [3.8, 4) is 0 Å². The van der Waals surface area contributed by atoms with Gasteiger partial charge in [-0.1, -0.05) is 292 Å². The lowest BCUT2D eigenvalue weighted by Gasteiger charge is -2.28. The second kappa shape index (κ2) is 59.8. The number of ether oxygens (including phenoxy) is 2. The summed E-state index contributed by atoms with van der Waals surface area (Å²) < 4.78 is 34.2. The van der Waals surface area contributed by atoms with E-state index in [1.165, 1.54) is 173 Å². The minimum Gasteiger partial charge on any atom is -0.756 e. The van der Waals surface area contributed by atoms with E-state index < -0.39 is 26.5 Å². The summed E-state index contributed by atoms with van der Waals surface area (Å²) in [4.78, 5) is 38.0. The maximum Gasteiger partial charge on any atom is 0.306 e. The zero-order valence-corrected chi connectivity index (χ0v) is 52.9. The van der Waals surface area contributed by atoms with Crippen molar-refractivity contribution in [3.63, 3.8) is 0 Å². The fourth-order valence-corrected chi connectivity index (χ4v) is 9.90. The van der Waals surface area contributed by atoms with E-state index in [4.69, 9.17) is 18.5 Å². The number of likely N-dealkylation sites (N-methyl/N-ethyl adjacent to an activating group) is 1. The summed E-state index contributed by atoms with van der Waals surface area (Å²) in [6, 6.07) is 0. The zero-order valence-electron chi connectivity index (χ0n) is 52.1. The summed E-state index contributed by atoms with van der Waals surface area (Å²) in [6.45, 7) is 4.16. The van der Waals surface area contributed by atoms with Crippen molar-refractivity contribution in [1.29, 1.82) is 0 Å². The van der Waals surface area contributed by atoms with Crippen LogP contribution in [0.2, 0.25) is 0 Å². The van der Waals surface area contributed by atoms with Crippen molar-refractivity contribution < 1.29 is 42.1 Å². The monoisotopic (exact) mass is 1130 g/mol. The molecule has 0 aromatic heterocycles. The highest BCUT2D eigenvalue weighted by atomic mass is 31.2. The van der Waals surface area contributed by atoms with Crippen LogP contribution in [0.4, 0.5) is 0 Å². The Balaban J connectivity index is 4.03. The molecule has 0 aromatic carbocycles. The SMILES string of the molecule is CC/C=C\C/C=C\C/C=C\C/C=C\C/C=C\C/C=C\C/C=C\CCCCCCCCCCCCCCCCCC(=O)OC(COC(=O)CCCCCCCCCCCCCCCCCCCC)COP(=O)([O-])OCC[N+](C)(C)C. The number of allylic oxidation sites excluding steroid dienone is 14. The van der Waals surface area contributed by atoms with Crippen LogP contribution in [0.1, 0.15) is 290 Å². The van der Waals surface area contributed by atoms with Gasteiger partial charge in [-0.15, -0.1) is 0 Å². The molecule has 0 N–H and O–H groups in total. The Morgan fingerprint density at radius 2 is 0.722 bits per heavy atom. The van der Waals surface area contributed by atoms with E-state index >= 15 is 0 Å². The van der Waals surface area contributed by atoms with Crippen LogP contribution in [0.25, 0.3) is 0 Å². The molecular weight excluding hydrogens is 1000 g/mol. The van der Waals surface area contributed by atoms with Gasteiger partial charge < -0.3 is 27.9 Å². The van der Waals surface area contributed by atoms with Gasteiger partial charge in [0, 0.05) is 12.8 Å². The topological polar surface area (TPSA) is 111 Å². The quantitative estimate of drug-likeness (QED) is 0.0195. The zero-order chi connectivity index (χ0) is 57.7. The molecule has 0 radical (unpaired) electrons. The summed E-state index contributed by atoms with van der Waals surface area (Å²) in [5.41, 5.74) is 0. The second-order valence-electron chi connectivity index (χ2n) is 23.1. The number of carbonyl (C=O) groups is 2. The van der Waals surface area contributed by atoms with Gasteiger partial charge in [0.05, 0.1) is 27.7 Å². The molecule has 2 atom stereocenters. The average Bonchev–Trinajstić information content (AvgIpc) is 3.41. The molecule has 0 aromatic rings. The van der Waals surface area contributed by atoms with E-state index in [0.717, 1.165) is 83.5 Å². The molecule has 0 fully saturated rings.